The first-order chi connectivity index (χ1) is 22.8. The van der Waals surface area contributed by atoms with Gasteiger partial charge in [-0.25, -0.2) is 0 Å². The van der Waals surface area contributed by atoms with Gasteiger partial charge in [0.05, 0.1) is 27.8 Å². The van der Waals surface area contributed by atoms with Crippen LogP contribution in [-0.4, -0.2) is 8.97 Å². The summed E-state index contributed by atoms with van der Waals surface area (Å²) in [5, 5.41) is 7.47. The zero-order valence-electron chi connectivity index (χ0n) is 24.8. The molecule has 0 bridgehead atoms. The molecule has 3 aromatic heterocycles. The summed E-state index contributed by atoms with van der Waals surface area (Å²) < 4.78 is 4.34. The summed E-state index contributed by atoms with van der Waals surface area (Å²) in [4.78, 5) is 14.0. The molecule has 0 saturated heterocycles. The predicted molar refractivity (Wildman–Crippen MR) is 193 cm³/mol. The summed E-state index contributed by atoms with van der Waals surface area (Å²) in [6, 6.07) is 55.5. The van der Waals surface area contributed by atoms with Gasteiger partial charge in [-0.05, 0) is 52.4 Å². The zero-order chi connectivity index (χ0) is 30.4. The third-order valence-electron chi connectivity index (χ3n) is 9.68. The van der Waals surface area contributed by atoms with Crippen molar-refractivity contribution >= 4 is 59.8 Å². The molecule has 0 amide bonds. The second kappa shape index (κ2) is 9.40. The Hall–Kier alpha value is -6.19. The van der Waals surface area contributed by atoms with E-state index in [9.17, 15) is 4.79 Å². The van der Waals surface area contributed by atoms with E-state index in [1.807, 2.05) is 28.7 Å². The Kier molecular flexibility index (Phi) is 5.15. The Morgan fingerprint density at radius 3 is 1.63 bits per heavy atom. The molecule has 0 fully saturated rings. The standard InChI is InChI=1S/C43H26N2O/c46-43-36-18-5-4-17-34(36)41-30(24-25-35-33-16-8-11-21-39(33)45(43)42(35)41)28-22-23-29(27-12-2-1-3-13-27)40(26-28)44-37-19-9-6-14-31(37)32-15-7-10-20-38(32)44/h1-26H. The molecule has 0 spiro atoms. The highest BCUT2D eigenvalue weighted by Crippen LogP contribution is 2.43. The van der Waals surface area contributed by atoms with Crippen molar-refractivity contribution in [1.82, 2.24) is 8.97 Å². The summed E-state index contributed by atoms with van der Waals surface area (Å²) in [5.41, 5.74) is 9.96. The maximum atomic E-state index is 14.0. The van der Waals surface area contributed by atoms with Crippen LogP contribution in [-0.2, 0) is 0 Å². The van der Waals surface area contributed by atoms with Crippen LogP contribution in [0.3, 0.4) is 0 Å². The molecule has 10 aromatic rings. The third kappa shape index (κ3) is 3.34. The molecule has 0 atom stereocenters. The lowest BCUT2D eigenvalue weighted by Crippen LogP contribution is -2.13. The average molecular weight is 587 g/mol. The maximum Gasteiger partial charge on any atom is 0.263 e. The minimum atomic E-state index is 0.0249. The topological polar surface area (TPSA) is 26.4 Å². The highest BCUT2D eigenvalue weighted by molar-refractivity contribution is 6.24. The molecule has 0 aliphatic carbocycles. The molecule has 0 radical (unpaired) electrons. The minimum Gasteiger partial charge on any atom is -0.309 e. The summed E-state index contributed by atoms with van der Waals surface area (Å²) in [5.74, 6) is 0. The molecule has 3 nitrogen and oxygen atoms in total. The number of pyridine rings is 1. The molecule has 0 N–H and O–H groups in total. The van der Waals surface area contributed by atoms with E-state index >= 15 is 0 Å². The molecular formula is C43H26N2O. The predicted octanol–water partition coefficient (Wildman–Crippen LogP) is 10.6. The van der Waals surface area contributed by atoms with Gasteiger partial charge >= 0.3 is 0 Å². The molecule has 0 unspecified atom stereocenters. The van der Waals surface area contributed by atoms with Crippen molar-refractivity contribution in [2.24, 2.45) is 0 Å². The Bertz CT molecular complexity index is 2820. The van der Waals surface area contributed by atoms with Crippen molar-refractivity contribution in [1.29, 1.82) is 0 Å². The minimum absolute atomic E-state index is 0.0249. The fourth-order valence-electron chi connectivity index (χ4n) is 7.72. The van der Waals surface area contributed by atoms with E-state index in [4.69, 9.17) is 0 Å². The lowest BCUT2D eigenvalue weighted by molar-refractivity contribution is 1.18. The van der Waals surface area contributed by atoms with Crippen LogP contribution in [0.15, 0.2) is 163 Å². The maximum absolute atomic E-state index is 14.0. The monoisotopic (exact) mass is 586 g/mol. The number of benzene rings is 7. The Morgan fingerprint density at radius 1 is 0.391 bits per heavy atom. The van der Waals surface area contributed by atoms with Crippen LogP contribution < -0.4 is 5.56 Å². The van der Waals surface area contributed by atoms with E-state index in [1.54, 1.807) is 0 Å². The summed E-state index contributed by atoms with van der Waals surface area (Å²) in [6.45, 7) is 0. The van der Waals surface area contributed by atoms with E-state index < -0.39 is 0 Å². The average Bonchev–Trinajstić information content (AvgIpc) is 3.64. The normalized spacial score (nSPS) is 12.0. The van der Waals surface area contributed by atoms with Crippen molar-refractivity contribution in [3.63, 3.8) is 0 Å². The second-order valence-corrected chi connectivity index (χ2v) is 12.1. The molecule has 7 aromatic carbocycles. The fourth-order valence-corrected chi connectivity index (χ4v) is 7.72. The second-order valence-electron chi connectivity index (χ2n) is 12.1. The first-order valence-electron chi connectivity index (χ1n) is 15.7. The first kappa shape index (κ1) is 25.2. The Labute approximate surface area is 264 Å². The molecule has 0 saturated carbocycles. The highest BCUT2D eigenvalue weighted by atomic mass is 16.1. The zero-order valence-corrected chi connectivity index (χ0v) is 24.8. The van der Waals surface area contributed by atoms with Gasteiger partial charge in [0.25, 0.3) is 5.56 Å². The van der Waals surface area contributed by atoms with Gasteiger partial charge in [0.15, 0.2) is 0 Å². The van der Waals surface area contributed by atoms with E-state index in [2.05, 4.69) is 138 Å². The number of nitrogens with zero attached hydrogens (tertiary/aromatic N) is 2. The van der Waals surface area contributed by atoms with E-state index in [0.717, 1.165) is 60.3 Å². The van der Waals surface area contributed by atoms with Gasteiger partial charge < -0.3 is 4.57 Å². The van der Waals surface area contributed by atoms with E-state index in [0.29, 0.717) is 0 Å². The van der Waals surface area contributed by atoms with Crippen LogP contribution in [0.2, 0.25) is 0 Å². The number of hydrogen-bond acceptors (Lipinski definition) is 1. The summed E-state index contributed by atoms with van der Waals surface area (Å²) in [6.07, 6.45) is 0. The quantitative estimate of drug-likeness (QED) is 0.189. The molecule has 214 valence electrons. The number of aromatic nitrogens is 2. The lowest BCUT2D eigenvalue weighted by Gasteiger charge is -2.17. The van der Waals surface area contributed by atoms with E-state index in [1.165, 1.54) is 27.4 Å². The first-order valence-corrected chi connectivity index (χ1v) is 15.7. The smallest absolute Gasteiger partial charge is 0.263 e. The molecule has 10 rings (SSSR count). The summed E-state index contributed by atoms with van der Waals surface area (Å²) in [7, 11) is 0. The highest BCUT2D eigenvalue weighted by Gasteiger charge is 2.21. The van der Waals surface area contributed by atoms with Crippen LogP contribution in [0, 0.1) is 0 Å². The van der Waals surface area contributed by atoms with Crippen molar-refractivity contribution in [2.75, 3.05) is 0 Å². The van der Waals surface area contributed by atoms with Gasteiger partial charge in [0.2, 0.25) is 0 Å². The van der Waals surface area contributed by atoms with Crippen LogP contribution in [0.25, 0.3) is 87.7 Å². The third-order valence-corrected chi connectivity index (χ3v) is 9.68. The van der Waals surface area contributed by atoms with Gasteiger partial charge in [-0.1, -0.05) is 127 Å². The van der Waals surface area contributed by atoms with Gasteiger partial charge in [0, 0.05) is 37.9 Å². The number of rotatable bonds is 3. The Balaban J connectivity index is 1.36. The van der Waals surface area contributed by atoms with Crippen molar-refractivity contribution < 1.29 is 0 Å². The molecular weight excluding hydrogens is 560 g/mol. The lowest BCUT2D eigenvalue weighted by atomic mass is 9.92. The largest absolute Gasteiger partial charge is 0.309 e. The number of hydrogen-bond donors (Lipinski definition) is 0. The number of para-hydroxylation sites is 3. The van der Waals surface area contributed by atoms with Gasteiger partial charge in [-0.3, -0.25) is 9.20 Å². The Morgan fingerprint density at radius 2 is 0.935 bits per heavy atom. The van der Waals surface area contributed by atoms with Crippen LogP contribution in [0.1, 0.15) is 0 Å². The van der Waals surface area contributed by atoms with Crippen molar-refractivity contribution in [3.05, 3.63) is 168 Å². The SMILES string of the molecule is O=c1c2ccccc2c2c(-c3ccc(-c4ccccc4)c(-n4c5ccccc5c5ccccc54)c3)ccc3c4ccccc4n1c32. The van der Waals surface area contributed by atoms with Gasteiger partial charge in [-0.15, -0.1) is 0 Å². The molecule has 3 heterocycles. The van der Waals surface area contributed by atoms with Crippen LogP contribution in [0.4, 0.5) is 0 Å². The fraction of sp³-hybridized carbons (Fsp3) is 0. The van der Waals surface area contributed by atoms with Gasteiger partial charge in [0.1, 0.15) is 0 Å². The molecule has 0 aliphatic rings. The number of fused-ring (bicyclic) bond motifs is 8. The van der Waals surface area contributed by atoms with Gasteiger partial charge in [-0.2, -0.15) is 0 Å². The van der Waals surface area contributed by atoms with Crippen molar-refractivity contribution in [3.8, 4) is 27.9 Å². The molecule has 3 heteroatoms. The van der Waals surface area contributed by atoms with E-state index in [-0.39, 0.29) is 5.56 Å². The summed E-state index contributed by atoms with van der Waals surface area (Å²) >= 11 is 0. The van der Waals surface area contributed by atoms with Crippen LogP contribution >= 0.6 is 0 Å². The molecule has 0 aliphatic heterocycles. The van der Waals surface area contributed by atoms with Crippen molar-refractivity contribution in [2.45, 2.75) is 0 Å². The molecule has 46 heavy (non-hydrogen) atoms. The van der Waals surface area contributed by atoms with Crippen LogP contribution in [0.5, 0.6) is 0 Å².